The minimum Gasteiger partial charge on any atom is -0.486 e. The highest BCUT2D eigenvalue weighted by molar-refractivity contribution is 5.95. The fraction of sp³-hybridized carbons (Fsp3) is 0.320. The third-order valence-electron chi connectivity index (χ3n) is 5.61. The van der Waals surface area contributed by atoms with Gasteiger partial charge >= 0.3 is 0 Å². The quantitative estimate of drug-likeness (QED) is 0.652. The van der Waals surface area contributed by atoms with Gasteiger partial charge in [0.1, 0.15) is 25.1 Å². The van der Waals surface area contributed by atoms with Crippen LogP contribution in [0.3, 0.4) is 0 Å². The van der Waals surface area contributed by atoms with Crippen LogP contribution in [-0.2, 0) is 4.74 Å². The largest absolute Gasteiger partial charge is 0.486 e. The molecule has 4 heterocycles. The topological polar surface area (TPSA) is 85.8 Å². The summed E-state index contributed by atoms with van der Waals surface area (Å²) in [4.78, 5) is 24.2. The molecule has 0 spiro atoms. The lowest BCUT2D eigenvalue weighted by molar-refractivity contribution is -0.0247. The van der Waals surface area contributed by atoms with Gasteiger partial charge in [0.2, 0.25) is 0 Å². The van der Waals surface area contributed by atoms with Crippen LogP contribution in [0.15, 0.2) is 48.5 Å². The average molecular weight is 447 g/mol. The van der Waals surface area contributed by atoms with Crippen LogP contribution in [0.2, 0.25) is 0 Å². The van der Waals surface area contributed by atoms with Gasteiger partial charge in [-0.2, -0.15) is 0 Å². The number of fused-ring (bicyclic) bond motifs is 1. The molecule has 1 aromatic carbocycles. The number of amides is 1. The molecule has 0 bridgehead atoms. The highest BCUT2D eigenvalue weighted by Gasteiger charge is 2.28. The van der Waals surface area contributed by atoms with E-state index in [2.05, 4.69) is 15.3 Å². The lowest BCUT2D eigenvalue weighted by Gasteiger charge is -2.33. The molecule has 2 aliphatic rings. The van der Waals surface area contributed by atoms with E-state index in [-0.39, 0.29) is 12.0 Å². The maximum Gasteiger partial charge on any atom is 0.254 e. The molecule has 1 fully saturated rings. The summed E-state index contributed by atoms with van der Waals surface area (Å²) >= 11 is 0. The molecule has 5 rings (SSSR count). The zero-order chi connectivity index (χ0) is 22.8. The van der Waals surface area contributed by atoms with Crippen molar-refractivity contribution in [3.63, 3.8) is 0 Å². The maximum absolute atomic E-state index is 13.2. The van der Waals surface area contributed by atoms with E-state index in [0.29, 0.717) is 50.0 Å². The SMILES string of the molecule is Cc1cccc(Nc2cc(C)nc(C3CN(C(=O)c4ccc5c(c4)OCCO5)CCO3)c2)n1. The van der Waals surface area contributed by atoms with Gasteiger partial charge in [-0.1, -0.05) is 6.07 Å². The Hall–Kier alpha value is -3.65. The van der Waals surface area contributed by atoms with Gasteiger partial charge in [0.15, 0.2) is 11.5 Å². The Morgan fingerprint density at radius 3 is 2.67 bits per heavy atom. The number of hydrogen-bond acceptors (Lipinski definition) is 7. The van der Waals surface area contributed by atoms with Gasteiger partial charge in [0.25, 0.3) is 5.91 Å². The third-order valence-corrected chi connectivity index (χ3v) is 5.61. The van der Waals surface area contributed by atoms with Crippen molar-refractivity contribution in [1.82, 2.24) is 14.9 Å². The molecular weight excluding hydrogens is 420 g/mol. The number of aromatic nitrogens is 2. The minimum absolute atomic E-state index is 0.0600. The molecule has 2 aliphatic heterocycles. The molecule has 1 saturated heterocycles. The van der Waals surface area contributed by atoms with E-state index in [0.717, 1.165) is 28.6 Å². The average Bonchev–Trinajstić information content (AvgIpc) is 2.83. The molecule has 0 saturated carbocycles. The van der Waals surface area contributed by atoms with Crippen molar-refractivity contribution in [2.24, 2.45) is 0 Å². The van der Waals surface area contributed by atoms with Crippen LogP contribution in [0.5, 0.6) is 11.5 Å². The zero-order valence-electron chi connectivity index (χ0n) is 18.7. The van der Waals surface area contributed by atoms with E-state index >= 15 is 0 Å². The number of aryl methyl sites for hydroxylation is 2. The summed E-state index contributed by atoms with van der Waals surface area (Å²) in [5.74, 6) is 1.99. The number of morpholine rings is 1. The van der Waals surface area contributed by atoms with Gasteiger partial charge < -0.3 is 24.4 Å². The predicted octanol–water partition coefficient (Wildman–Crippen LogP) is 3.82. The lowest BCUT2D eigenvalue weighted by Crippen LogP contribution is -2.42. The molecule has 1 atom stereocenters. The molecule has 8 nitrogen and oxygen atoms in total. The number of nitrogens with zero attached hydrogens (tertiary/aromatic N) is 3. The standard InChI is InChI=1S/C25H26N4O4/c1-16-4-3-5-24(27-16)28-19-12-17(2)26-20(14-19)23-15-29(8-9-31-23)25(30)18-6-7-21-22(13-18)33-11-10-32-21/h3-7,12-14,23H,8-11,15H2,1-2H3,(H,26,27,28). The molecule has 2 aromatic heterocycles. The first-order valence-electron chi connectivity index (χ1n) is 11.0. The monoisotopic (exact) mass is 446 g/mol. The Morgan fingerprint density at radius 1 is 0.970 bits per heavy atom. The molecule has 0 radical (unpaired) electrons. The number of nitrogens with one attached hydrogen (secondary N) is 1. The van der Waals surface area contributed by atoms with Crippen molar-refractivity contribution in [3.05, 3.63) is 71.2 Å². The van der Waals surface area contributed by atoms with Gasteiger partial charge in [-0.3, -0.25) is 9.78 Å². The molecule has 170 valence electrons. The van der Waals surface area contributed by atoms with Crippen LogP contribution >= 0.6 is 0 Å². The van der Waals surface area contributed by atoms with Crippen molar-refractivity contribution in [2.45, 2.75) is 20.0 Å². The second-order valence-electron chi connectivity index (χ2n) is 8.18. The highest BCUT2D eigenvalue weighted by atomic mass is 16.6. The molecule has 1 N–H and O–H groups in total. The number of anilines is 2. The number of hydrogen-bond donors (Lipinski definition) is 1. The van der Waals surface area contributed by atoms with Crippen molar-refractivity contribution in [1.29, 1.82) is 0 Å². The summed E-state index contributed by atoms with van der Waals surface area (Å²) in [6, 6.07) is 15.1. The molecule has 1 amide bonds. The second-order valence-corrected chi connectivity index (χ2v) is 8.18. The van der Waals surface area contributed by atoms with E-state index < -0.39 is 0 Å². The second kappa shape index (κ2) is 9.07. The summed E-state index contributed by atoms with van der Waals surface area (Å²) in [6.07, 6.45) is -0.314. The summed E-state index contributed by atoms with van der Waals surface area (Å²) < 4.78 is 17.2. The number of benzene rings is 1. The number of rotatable bonds is 4. The van der Waals surface area contributed by atoms with E-state index in [1.165, 1.54) is 0 Å². The summed E-state index contributed by atoms with van der Waals surface area (Å²) in [6.45, 7) is 6.29. The fourth-order valence-corrected chi connectivity index (χ4v) is 4.06. The lowest BCUT2D eigenvalue weighted by atomic mass is 10.1. The van der Waals surface area contributed by atoms with E-state index in [9.17, 15) is 4.79 Å². The smallest absolute Gasteiger partial charge is 0.254 e. The predicted molar refractivity (Wildman–Crippen MR) is 123 cm³/mol. The van der Waals surface area contributed by atoms with Crippen molar-refractivity contribution >= 4 is 17.4 Å². The van der Waals surface area contributed by atoms with Gasteiger partial charge in [-0.25, -0.2) is 4.98 Å². The maximum atomic E-state index is 13.2. The van der Waals surface area contributed by atoms with Crippen LogP contribution in [0.1, 0.15) is 33.5 Å². The molecule has 3 aromatic rings. The van der Waals surface area contributed by atoms with Crippen LogP contribution in [0.4, 0.5) is 11.5 Å². The fourth-order valence-electron chi connectivity index (χ4n) is 4.06. The van der Waals surface area contributed by atoms with Gasteiger partial charge in [0, 0.05) is 29.2 Å². The Bertz CT molecular complexity index is 1180. The van der Waals surface area contributed by atoms with E-state index in [1.54, 1.807) is 23.1 Å². The summed E-state index contributed by atoms with van der Waals surface area (Å²) in [7, 11) is 0. The van der Waals surface area contributed by atoms with E-state index in [1.807, 2.05) is 44.2 Å². The molecule has 0 aliphatic carbocycles. The first kappa shape index (κ1) is 21.2. The van der Waals surface area contributed by atoms with Crippen molar-refractivity contribution in [2.75, 3.05) is 38.2 Å². The number of carbonyl (C=O) groups is 1. The summed E-state index contributed by atoms with van der Waals surface area (Å²) in [5, 5.41) is 3.34. The molecular formula is C25H26N4O4. The molecule has 8 heteroatoms. The number of ether oxygens (including phenoxy) is 3. The van der Waals surface area contributed by atoms with Crippen LogP contribution in [-0.4, -0.2) is 53.7 Å². The normalized spacial score (nSPS) is 17.5. The first-order valence-corrected chi connectivity index (χ1v) is 11.0. The van der Waals surface area contributed by atoms with Gasteiger partial charge in [0.05, 0.1) is 18.8 Å². The Balaban J connectivity index is 1.33. The molecule has 1 unspecified atom stereocenters. The van der Waals surface area contributed by atoms with Gasteiger partial charge in [-0.15, -0.1) is 0 Å². The Labute approximate surface area is 192 Å². The zero-order valence-corrected chi connectivity index (χ0v) is 18.7. The van der Waals surface area contributed by atoms with Crippen molar-refractivity contribution < 1.29 is 19.0 Å². The van der Waals surface area contributed by atoms with Crippen LogP contribution < -0.4 is 14.8 Å². The highest BCUT2D eigenvalue weighted by Crippen LogP contribution is 2.32. The minimum atomic E-state index is -0.314. The Kier molecular flexibility index (Phi) is 5.83. The summed E-state index contributed by atoms with van der Waals surface area (Å²) in [5.41, 5.74) is 4.04. The van der Waals surface area contributed by atoms with Crippen LogP contribution in [0, 0.1) is 13.8 Å². The first-order chi connectivity index (χ1) is 16.0. The molecule has 33 heavy (non-hydrogen) atoms. The van der Waals surface area contributed by atoms with E-state index in [4.69, 9.17) is 14.2 Å². The third kappa shape index (κ3) is 4.75. The number of pyridine rings is 2. The van der Waals surface area contributed by atoms with Crippen molar-refractivity contribution in [3.8, 4) is 11.5 Å². The Morgan fingerprint density at radius 2 is 1.82 bits per heavy atom. The van der Waals surface area contributed by atoms with Crippen LogP contribution in [0.25, 0.3) is 0 Å². The number of carbonyl (C=O) groups excluding carboxylic acids is 1. The van der Waals surface area contributed by atoms with Gasteiger partial charge in [-0.05, 0) is 56.3 Å².